The van der Waals surface area contributed by atoms with Gasteiger partial charge >= 0.3 is 5.97 Å². The van der Waals surface area contributed by atoms with Crippen LogP contribution < -0.4 is 9.47 Å². The van der Waals surface area contributed by atoms with Crippen LogP contribution >= 0.6 is 0 Å². The average molecular weight is 305 g/mol. The molecule has 2 aliphatic rings. The molecular formula is C17H23NO4. The molecule has 2 atom stereocenters. The summed E-state index contributed by atoms with van der Waals surface area (Å²) in [6.07, 6.45) is 4.32. The lowest BCUT2D eigenvalue weighted by molar-refractivity contribution is -0.000478. The van der Waals surface area contributed by atoms with Crippen LogP contribution in [-0.4, -0.2) is 50.3 Å². The van der Waals surface area contributed by atoms with Crippen molar-refractivity contribution < 1.29 is 19.0 Å². The number of carbonyl (C=O) groups is 1. The quantitative estimate of drug-likeness (QED) is 0.800. The average Bonchev–Trinajstić information content (AvgIpc) is 2.76. The number of nitrogens with zero attached hydrogens (tertiary/aromatic N) is 1. The summed E-state index contributed by atoms with van der Waals surface area (Å²) in [4.78, 5) is 14.8. The normalized spacial score (nSPS) is 27.5. The third-order valence-corrected chi connectivity index (χ3v) is 4.95. The van der Waals surface area contributed by atoms with Gasteiger partial charge in [-0.1, -0.05) is 0 Å². The molecule has 0 amide bonds. The first-order chi connectivity index (χ1) is 10.6. The van der Waals surface area contributed by atoms with E-state index in [-0.39, 0.29) is 12.1 Å². The Hall–Kier alpha value is -1.75. The van der Waals surface area contributed by atoms with Crippen molar-refractivity contribution in [2.45, 2.75) is 43.9 Å². The first kappa shape index (κ1) is 15.2. The minimum Gasteiger partial charge on any atom is -0.493 e. The molecule has 1 aromatic carbocycles. The summed E-state index contributed by atoms with van der Waals surface area (Å²) in [6.45, 7) is 0. The molecule has 2 fully saturated rings. The second-order valence-electron chi connectivity index (χ2n) is 6.12. The smallest absolute Gasteiger partial charge is 0.338 e. The summed E-state index contributed by atoms with van der Waals surface area (Å²) in [7, 11) is 5.31. The van der Waals surface area contributed by atoms with Crippen LogP contribution in [0.2, 0.25) is 0 Å². The maximum Gasteiger partial charge on any atom is 0.338 e. The summed E-state index contributed by atoms with van der Waals surface area (Å²) in [6, 6.07) is 6.23. The van der Waals surface area contributed by atoms with Gasteiger partial charge < -0.3 is 19.1 Å². The fraction of sp³-hybridized carbons (Fsp3) is 0.588. The number of benzene rings is 1. The molecular weight excluding hydrogens is 282 g/mol. The Morgan fingerprint density at radius 1 is 1.09 bits per heavy atom. The van der Waals surface area contributed by atoms with Gasteiger partial charge in [-0.3, -0.25) is 0 Å². The summed E-state index contributed by atoms with van der Waals surface area (Å²) in [5, 5.41) is 0. The van der Waals surface area contributed by atoms with Crippen molar-refractivity contribution in [1.82, 2.24) is 4.90 Å². The number of rotatable bonds is 4. The molecule has 0 N–H and O–H groups in total. The number of hydrogen-bond donors (Lipinski definition) is 0. The summed E-state index contributed by atoms with van der Waals surface area (Å²) in [5.41, 5.74) is 0.504. The molecule has 2 heterocycles. The molecule has 0 aliphatic carbocycles. The molecule has 2 aliphatic heterocycles. The third-order valence-electron chi connectivity index (χ3n) is 4.95. The van der Waals surface area contributed by atoms with Crippen LogP contribution in [0.3, 0.4) is 0 Å². The Labute approximate surface area is 131 Å². The fourth-order valence-electron chi connectivity index (χ4n) is 3.64. The molecule has 120 valence electrons. The van der Waals surface area contributed by atoms with Crippen molar-refractivity contribution in [2.75, 3.05) is 21.3 Å². The molecule has 2 unspecified atom stereocenters. The van der Waals surface area contributed by atoms with Gasteiger partial charge in [0, 0.05) is 24.9 Å². The van der Waals surface area contributed by atoms with Crippen molar-refractivity contribution >= 4 is 5.97 Å². The Morgan fingerprint density at radius 2 is 1.73 bits per heavy atom. The first-order valence-corrected chi connectivity index (χ1v) is 7.77. The van der Waals surface area contributed by atoms with E-state index >= 15 is 0 Å². The number of fused-ring (bicyclic) bond motifs is 2. The van der Waals surface area contributed by atoms with Crippen molar-refractivity contribution in [1.29, 1.82) is 0 Å². The Balaban J connectivity index is 1.67. The van der Waals surface area contributed by atoms with Gasteiger partial charge in [-0.05, 0) is 38.1 Å². The predicted octanol–water partition coefficient (Wildman–Crippen LogP) is 2.49. The van der Waals surface area contributed by atoms with Crippen molar-refractivity contribution in [2.24, 2.45) is 0 Å². The molecule has 22 heavy (non-hydrogen) atoms. The molecule has 2 bridgehead atoms. The molecule has 0 radical (unpaired) electrons. The van der Waals surface area contributed by atoms with Gasteiger partial charge in [0.2, 0.25) is 0 Å². The highest BCUT2D eigenvalue weighted by atomic mass is 16.5. The van der Waals surface area contributed by atoms with E-state index in [1.54, 1.807) is 32.4 Å². The van der Waals surface area contributed by atoms with Gasteiger partial charge in [0.05, 0.1) is 19.8 Å². The number of methoxy groups -OCH3 is 2. The summed E-state index contributed by atoms with van der Waals surface area (Å²) < 4.78 is 16.1. The lowest BCUT2D eigenvalue weighted by atomic mass is 10.0. The Kier molecular flexibility index (Phi) is 4.25. The monoisotopic (exact) mass is 305 g/mol. The van der Waals surface area contributed by atoms with Gasteiger partial charge in [0.25, 0.3) is 0 Å². The largest absolute Gasteiger partial charge is 0.493 e. The van der Waals surface area contributed by atoms with Gasteiger partial charge in [0.15, 0.2) is 11.5 Å². The second-order valence-corrected chi connectivity index (χ2v) is 6.12. The van der Waals surface area contributed by atoms with E-state index in [2.05, 4.69) is 11.9 Å². The molecule has 2 saturated heterocycles. The van der Waals surface area contributed by atoms with Crippen LogP contribution in [0.4, 0.5) is 0 Å². The first-order valence-electron chi connectivity index (χ1n) is 7.77. The van der Waals surface area contributed by atoms with Crippen molar-refractivity contribution in [3.05, 3.63) is 23.8 Å². The Bertz CT molecular complexity index is 546. The highest BCUT2D eigenvalue weighted by molar-refractivity contribution is 5.90. The van der Waals surface area contributed by atoms with E-state index in [9.17, 15) is 4.79 Å². The molecule has 1 aromatic rings. The highest BCUT2D eigenvalue weighted by Crippen LogP contribution is 2.36. The van der Waals surface area contributed by atoms with Crippen LogP contribution in [0, 0.1) is 0 Å². The minimum absolute atomic E-state index is 0.0225. The molecule has 5 heteroatoms. The highest BCUT2D eigenvalue weighted by Gasteiger charge is 2.39. The van der Waals surface area contributed by atoms with E-state index in [4.69, 9.17) is 14.2 Å². The van der Waals surface area contributed by atoms with E-state index in [1.165, 1.54) is 12.8 Å². The molecule has 5 nitrogen and oxygen atoms in total. The van der Waals surface area contributed by atoms with Gasteiger partial charge in [-0.2, -0.15) is 0 Å². The van der Waals surface area contributed by atoms with Crippen LogP contribution in [0.5, 0.6) is 11.5 Å². The molecule has 3 rings (SSSR count). The van der Waals surface area contributed by atoms with Crippen molar-refractivity contribution in [3.8, 4) is 11.5 Å². The molecule has 0 aromatic heterocycles. The number of carbonyl (C=O) groups excluding carboxylic acids is 1. The van der Waals surface area contributed by atoms with Crippen LogP contribution in [0.15, 0.2) is 18.2 Å². The van der Waals surface area contributed by atoms with Gasteiger partial charge in [0.1, 0.15) is 6.10 Å². The zero-order valence-electron chi connectivity index (χ0n) is 13.4. The lowest BCUT2D eigenvalue weighted by Gasteiger charge is -2.35. The van der Waals surface area contributed by atoms with Crippen LogP contribution in [0.25, 0.3) is 0 Å². The number of hydrogen-bond acceptors (Lipinski definition) is 5. The Morgan fingerprint density at radius 3 is 2.32 bits per heavy atom. The maximum absolute atomic E-state index is 12.4. The van der Waals surface area contributed by atoms with Crippen molar-refractivity contribution in [3.63, 3.8) is 0 Å². The van der Waals surface area contributed by atoms with E-state index < -0.39 is 0 Å². The van der Waals surface area contributed by atoms with Crippen LogP contribution in [-0.2, 0) is 4.74 Å². The zero-order chi connectivity index (χ0) is 15.7. The maximum atomic E-state index is 12.4. The minimum atomic E-state index is -0.282. The van der Waals surface area contributed by atoms with Gasteiger partial charge in [-0.25, -0.2) is 4.79 Å². The number of piperidine rings is 1. The standard InChI is InChI=1S/C17H23NO4/c1-18-12-5-6-13(18)10-14(9-12)22-17(19)11-4-7-15(20-2)16(8-11)21-3/h4,7-8,12-14H,5-6,9-10H2,1-3H3. The summed E-state index contributed by atoms with van der Waals surface area (Å²) >= 11 is 0. The summed E-state index contributed by atoms with van der Waals surface area (Å²) in [5.74, 6) is 0.867. The third kappa shape index (κ3) is 2.77. The fourth-order valence-corrected chi connectivity index (χ4v) is 3.64. The molecule has 0 saturated carbocycles. The van der Waals surface area contributed by atoms with E-state index in [1.807, 2.05) is 0 Å². The van der Waals surface area contributed by atoms with Gasteiger partial charge in [-0.15, -0.1) is 0 Å². The topological polar surface area (TPSA) is 48.0 Å². The number of esters is 1. The number of ether oxygens (including phenoxy) is 3. The molecule has 0 spiro atoms. The SMILES string of the molecule is COc1ccc(C(=O)OC2CC3CCC(C2)N3C)cc1OC. The van der Waals surface area contributed by atoms with E-state index in [0.717, 1.165) is 12.8 Å². The predicted molar refractivity (Wildman–Crippen MR) is 82.6 cm³/mol. The van der Waals surface area contributed by atoms with E-state index in [0.29, 0.717) is 29.1 Å². The zero-order valence-corrected chi connectivity index (χ0v) is 13.4. The second kappa shape index (κ2) is 6.16. The van der Waals surface area contributed by atoms with Crippen LogP contribution in [0.1, 0.15) is 36.0 Å². The lowest BCUT2D eigenvalue weighted by Crippen LogP contribution is -2.43.